The number of carbonyl (C=O) groups excluding carboxylic acids is 1. The highest BCUT2D eigenvalue weighted by atomic mass is 32.3. The van der Waals surface area contributed by atoms with Crippen molar-refractivity contribution in [2.24, 2.45) is 0 Å². The Morgan fingerprint density at radius 2 is 2.00 bits per heavy atom. The van der Waals surface area contributed by atoms with Crippen molar-refractivity contribution in [2.75, 3.05) is 0 Å². The Morgan fingerprint density at radius 3 is 2.27 bits per heavy atom. The van der Waals surface area contributed by atoms with Crippen LogP contribution in [0.5, 0.6) is 0 Å². The van der Waals surface area contributed by atoms with Crippen molar-refractivity contribution in [2.45, 2.75) is 31.4 Å². The number of nitrogens with one attached hydrogen (secondary N) is 1. The van der Waals surface area contributed by atoms with Crippen molar-refractivity contribution >= 4 is 16.7 Å². The molecule has 1 amide bonds. The lowest BCUT2D eigenvalue weighted by molar-refractivity contribution is -0.117. The molecule has 1 aliphatic carbocycles. The first-order chi connectivity index (χ1) is 4.87. The van der Waals surface area contributed by atoms with Gasteiger partial charge in [-0.15, -0.1) is 10.8 Å². The normalized spacial score (nSPS) is 22.5. The van der Waals surface area contributed by atoms with Crippen molar-refractivity contribution in [3.63, 3.8) is 0 Å². The Kier molecular flexibility index (Phi) is 1.90. The predicted molar refractivity (Wildman–Crippen MR) is 44.3 cm³/mol. The zero-order valence-corrected chi connectivity index (χ0v) is 7.44. The van der Waals surface area contributed by atoms with Crippen LogP contribution in [-0.4, -0.2) is 19.8 Å². The molecule has 11 heavy (non-hydrogen) atoms. The van der Waals surface area contributed by atoms with E-state index in [1.54, 1.807) is 6.92 Å². The van der Waals surface area contributed by atoms with E-state index in [-0.39, 0.29) is 0 Å². The number of hydrogen-bond acceptors (Lipinski definition) is 3. The summed E-state index contributed by atoms with van der Waals surface area (Å²) in [4.78, 5) is 10.5. The summed E-state index contributed by atoms with van der Waals surface area (Å²) >= 11 is 0. The highest BCUT2D eigenvalue weighted by Gasteiger charge is 2.50. The molecule has 0 aromatic carbocycles. The average Bonchev–Trinajstić information content (AvgIpc) is 2.44. The summed E-state index contributed by atoms with van der Waals surface area (Å²) in [6.07, 6.45) is 1.55. The molecule has 0 aromatic rings. The maximum atomic E-state index is 10.5. The van der Waals surface area contributed by atoms with E-state index < -0.39 is 21.4 Å². The van der Waals surface area contributed by atoms with Crippen LogP contribution in [0.15, 0.2) is 0 Å². The second kappa shape index (κ2) is 2.36. The van der Waals surface area contributed by atoms with E-state index >= 15 is 0 Å². The predicted octanol–water partition coefficient (Wildman–Crippen LogP) is 1.34. The van der Waals surface area contributed by atoms with Crippen LogP contribution in [-0.2, 0) is 4.79 Å². The minimum Gasteiger partial charge on any atom is -0.281 e. The molecule has 0 saturated heterocycles. The second-order valence-corrected chi connectivity index (χ2v) is 5.44. The third kappa shape index (κ3) is 1.66. The van der Waals surface area contributed by atoms with Crippen molar-refractivity contribution < 1.29 is 13.9 Å². The molecule has 0 aliphatic heterocycles. The van der Waals surface area contributed by atoms with Crippen LogP contribution in [0.2, 0.25) is 0 Å². The van der Waals surface area contributed by atoms with Gasteiger partial charge in [-0.3, -0.25) is 18.6 Å². The highest BCUT2D eigenvalue weighted by molar-refractivity contribution is 8.24. The minimum absolute atomic E-state index is 0.391. The van der Waals surface area contributed by atoms with Crippen molar-refractivity contribution in [1.29, 1.82) is 0 Å². The maximum Gasteiger partial charge on any atom is 0.234 e. The molecule has 0 aromatic heterocycles. The molecule has 0 atom stereocenters. The van der Waals surface area contributed by atoms with Crippen LogP contribution in [0.4, 0.5) is 0 Å². The van der Waals surface area contributed by atoms with Crippen molar-refractivity contribution in [3.05, 3.63) is 0 Å². The van der Waals surface area contributed by atoms with Gasteiger partial charge in [0, 0.05) is 6.92 Å². The first-order valence-electron chi connectivity index (χ1n) is 3.43. The largest absolute Gasteiger partial charge is 0.281 e. The molecule has 3 N–H and O–H groups in total. The number of amides is 1. The summed E-state index contributed by atoms with van der Waals surface area (Å²) in [7, 11) is -2.89. The Bertz CT molecular complexity index is 188. The van der Waals surface area contributed by atoms with Gasteiger partial charge in [-0.05, 0) is 19.8 Å². The fraction of sp³-hybridized carbons (Fsp3) is 0.833. The van der Waals surface area contributed by atoms with Crippen molar-refractivity contribution in [1.82, 2.24) is 4.72 Å². The van der Waals surface area contributed by atoms with E-state index in [2.05, 4.69) is 4.72 Å². The first kappa shape index (κ1) is 8.83. The molecule has 0 unspecified atom stereocenters. The fourth-order valence-electron chi connectivity index (χ4n) is 0.784. The summed E-state index contributed by atoms with van der Waals surface area (Å²) in [6, 6.07) is 0. The fourth-order valence-corrected chi connectivity index (χ4v) is 2.10. The molecule has 66 valence electrons. The third-order valence-electron chi connectivity index (χ3n) is 1.93. The van der Waals surface area contributed by atoms with Gasteiger partial charge in [0.2, 0.25) is 5.91 Å². The third-order valence-corrected chi connectivity index (χ3v) is 4.28. The van der Waals surface area contributed by atoms with Gasteiger partial charge in [-0.1, -0.05) is 0 Å². The van der Waals surface area contributed by atoms with Gasteiger partial charge < -0.3 is 0 Å². The Hall–Kier alpha value is -0.260. The molecule has 1 saturated carbocycles. The van der Waals surface area contributed by atoms with E-state index in [9.17, 15) is 13.9 Å². The summed E-state index contributed by atoms with van der Waals surface area (Å²) in [5.41, 5.74) is 0. The molecule has 1 aliphatic rings. The zero-order valence-electron chi connectivity index (χ0n) is 6.63. The van der Waals surface area contributed by atoms with Crippen LogP contribution in [0, 0.1) is 0 Å². The van der Waals surface area contributed by atoms with Crippen LogP contribution >= 0.6 is 10.8 Å². The molecule has 1 rings (SSSR count). The Balaban J connectivity index is 2.59. The van der Waals surface area contributed by atoms with Gasteiger partial charge >= 0.3 is 0 Å². The van der Waals surface area contributed by atoms with E-state index in [1.165, 1.54) is 6.92 Å². The summed E-state index contributed by atoms with van der Waals surface area (Å²) in [5, 5.41) is 0. The van der Waals surface area contributed by atoms with Crippen LogP contribution < -0.4 is 4.72 Å². The van der Waals surface area contributed by atoms with E-state index in [4.69, 9.17) is 0 Å². The Labute approximate surface area is 67.5 Å². The molecule has 0 radical (unpaired) electrons. The Morgan fingerprint density at radius 1 is 1.55 bits per heavy atom. The summed E-state index contributed by atoms with van der Waals surface area (Å²) in [6.45, 7) is 3.04. The topological polar surface area (TPSA) is 69.6 Å². The molecule has 5 heteroatoms. The lowest BCUT2D eigenvalue weighted by atomic mass is 10.5. The summed E-state index contributed by atoms with van der Waals surface area (Å²) < 4.78 is 20.5. The van der Waals surface area contributed by atoms with Gasteiger partial charge in [0.15, 0.2) is 0 Å². The average molecular weight is 179 g/mol. The van der Waals surface area contributed by atoms with Gasteiger partial charge in [0.25, 0.3) is 0 Å². The second-order valence-electron chi connectivity index (χ2n) is 3.16. The SMILES string of the molecule is CC(=O)NS(O)(O)C1(C)CC1. The molecule has 0 spiro atoms. The lowest BCUT2D eigenvalue weighted by Crippen LogP contribution is -2.32. The first-order valence-corrected chi connectivity index (χ1v) is 4.98. The minimum atomic E-state index is -2.89. The van der Waals surface area contributed by atoms with Gasteiger partial charge in [-0.2, -0.15) is 0 Å². The molecular weight excluding hydrogens is 166 g/mol. The van der Waals surface area contributed by atoms with Gasteiger partial charge in [-0.25, -0.2) is 0 Å². The molecule has 1 fully saturated rings. The van der Waals surface area contributed by atoms with E-state index in [1.807, 2.05) is 0 Å². The van der Waals surface area contributed by atoms with Crippen LogP contribution in [0.25, 0.3) is 0 Å². The van der Waals surface area contributed by atoms with Gasteiger partial charge in [0.1, 0.15) is 0 Å². The van der Waals surface area contributed by atoms with Gasteiger partial charge in [0.05, 0.1) is 4.75 Å². The molecular formula is C6H13NO3S. The summed E-state index contributed by atoms with van der Waals surface area (Å²) in [5.74, 6) is -0.391. The quantitative estimate of drug-likeness (QED) is 0.599. The standard InChI is InChI=1S/C6H13NO3S/c1-5(8)7-11(9,10)6(2)3-4-6/h9-10H,3-4H2,1-2H3,(H,7,8). The molecule has 0 heterocycles. The number of carbonyl (C=O) groups is 1. The molecule has 0 bridgehead atoms. The van der Waals surface area contributed by atoms with Crippen molar-refractivity contribution in [3.8, 4) is 0 Å². The number of rotatable bonds is 2. The van der Waals surface area contributed by atoms with E-state index in [0.29, 0.717) is 0 Å². The molecule has 4 nitrogen and oxygen atoms in total. The maximum absolute atomic E-state index is 10.5. The van der Waals surface area contributed by atoms with Crippen LogP contribution in [0.3, 0.4) is 0 Å². The zero-order chi connectivity index (χ0) is 8.70. The highest BCUT2D eigenvalue weighted by Crippen LogP contribution is 2.62. The van der Waals surface area contributed by atoms with Crippen LogP contribution in [0.1, 0.15) is 26.7 Å². The monoisotopic (exact) mass is 179 g/mol. The lowest BCUT2D eigenvalue weighted by Gasteiger charge is -2.38. The smallest absolute Gasteiger partial charge is 0.234 e. The number of hydrogen-bond donors (Lipinski definition) is 3. The van der Waals surface area contributed by atoms with E-state index in [0.717, 1.165) is 12.8 Å².